The van der Waals surface area contributed by atoms with Gasteiger partial charge in [0.1, 0.15) is 109 Å². The third-order valence-corrected chi connectivity index (χ3v) is 16.8. The Hall–Kier alpha value is -14.2. The number of hydrogen-bond acceptors (Lipinski definition) is 24. The van der Waals surface area contributed by atoms with Gasteiger partial charge in [-0.2, -0.15) is 0 Å². The molecule has 624 valence electrons. The Bertz CT molecular complexity index is 4330. The van der Waals surface area contributed by atoms with Gasteiger partial charge in [-0.1, -0.05) is 41.5 Å². The average Bonchev–Trinajstić information content (AvgIpc) is 0.723. The molecule has 0 saturated heterocycles. The number of carbonyl (C=O) groups is 6. The van der Waals surface area contributed by atoms with E-state index in [9.17, 15) is 28.8 Å². The van der Waals surface area contributed by atoms with Crippen molar-refractivity contribution in [3.63, 3.8) is 0 Å². The number of fused-ring (bicyclic) bond motifs is 6. The summed E-state index contributed by atoms with van der Waals surface area (Å²) in [7, 11) is 0. The van der Waals surface area contributed by atoms with Crippen molar-refractivity contribution in [2.24, 2.45) is 0 Å². The molecule has 0 aliphatic heterocycles. The summed E-state index contributed by atoms with van der Waals surface area (Å²) in [5.74, 6) is -0.589. The van der Waals surface area contributed by atoms with E-state index in [1.54, 1.807) is 146 Å². The van der Waals surface area contributed by atoms with Gasteiger partial charge in [-0.3, -0.25) is 0 Å². The van der Waals surface area contributed by atoms with E-state index in [2.05, 4.69) is 0 Å². The van der Waals surface area contributed by atoms with Gasteiger partial charge in [0.15, 0.2) is 34.5 Å². The predicted octanol–water partition coefficient (Wildman–Crippen LogP) is 19.1. The first-order valence-electron chi connectivity index (χ1n) is 39.7. The number of ether oxygens (including phenoxy) is 18. The van der Waals surface area contributed by atoms with Gasteiger partial charge in [-0.25, -0.2) is 28.8 Å². The zero-order valence-electron chi connectivity index (χ0n) is 67.8. The lowest BCUT2D eigenvalue weighted by Crippen LogP contribution is -2.11. The fraction of sp³-hybridized carbons (Fsp3) is 0.250. The Morgan fingerprint density at radius 3 is 0.425 bits per heavy atom. The van der Waals surface area contributed by atoms with E-state index < -0.39 is 35.8 Å². The van der Waals surface area contributed by atoms with Crippen molar-refractivity contribution in [3.8, 4) is 103 Å². The van der Waals surface area contributed by atoms with Crippen LogP contribution in [-0.4, -0.2) is 115 Å². The normalized spacial score (nSPS) is 11.3. The minimum atomic E-state index is -0.939. The van der Waals surface area contributed by atoms with Crippen LogP contribution in [0.5, 0.6) is 103 Å². The molecule has 0 aliphatic rings. The lowest BCUT2D eigenvalue weighted by molar-refractivity contribution is -0.131. The fourth-order valence-corrected chi connectivity index (χ4v) is 11.2. The summed E-state index contributed by atoms with van der Waals surface area (Å²) in [6.07, 6.45) is 20.3. The molecule has 0 aliphatic carbocycles. The van der Waals surface area contributed by atoms with E-state index in [1.165, 1.54) is 72.9 Å². The van der Waals surface area contributed by atoms with Gasteiger partial charge in [0.05, 0.1) is 39.6 Å². The number of rotatable bonds is 48. The quantitative estimate of drug-likeness (QED) is 0.0148. The van der Waals surface area contributed by atoms with Gasteiger partial charge >= 0.3 is 35.8 Å². The molecular weight excluding hydrogens is 1540 g/mol. The summed E-state index contributed by atoms with van der Waals surface area (Å²) in [5.41, 5.74) is 0. The van der Waals surface area contributed by atoms with Crippen molar-refractivity contribution < 1.29 is 114 Å². The van der Waals surface area contributed by atoms with Crippen molar-refractivity contribution in [1.29, 1.82) is 0 Å². The highest BCUT2D eigenvalue weighted by molar-refractivity contribution is 6.27. The van der Waals surface area contributed by atoms with E-state index >= 15 is 0 Å². The minimum Gasteiger partial charge on any atom is -0.494 e. The van der Waals surface area contributed by atoms with Crippen LogP contribution in [0.2, 0.25) is 0 Å². The van der Waals surface area contributed by atoms with Gasteiger partial charge in [0, 0.05) is 36.5 Å². The Balaban J connectivity index is 1.09. The third kappa shape index (κ3) is 28.6. The molecule has 0 aromatic heterocycles. The van der Waals surface area contributed by atoms with Gasteiger partial charge in [0.2, 0.25) is 0 Å². The Kier molecular flexibility index (Phi) is 35.1. The monoisotopic (exact) mass is 1630 g/mol. The van der Waals surface area contributed by atoms with Gasteiger partial charge < -0.3 is 85.3 Å². The largest absolute Gasteiger partial charge is 0.494 e. The number of esters is 6. The van der Waals surface area contributed by atoms with Crippen LogP contribution in [-0.2, 0) is 28.8 Å². The molecule has 0 heterocycles. The summed E-state index contributed by atoms with van der Waals surface area (Å²) in [6, 6.07) is 50.3. The van der Waals surface area contributed by atoms with Crippen molar-refractivity contribution in [2.75, 3.05) is 79.3 Å². The highest BCUT2D eigenvalue weighted by Gasteiger charge is 2.25. The number of carbonyl (C=O) groups excluding carboxylic acids is 6. The lowest BCUT2D eigenvalue weighted by Gasteiger charge is -2.18. The van der Waals surface area contributed by atoms with E-state index in [0.29, 0.717) is 109 Å². The Labute approximate surface area is 696 Å². The van der Waals surface area contributed by atoms with Crippen LogP contribution in [0, 0.1) is 0 Å². The molecular formula is C96H96O24. The zero-order valence-corrected chi connectivity index (χ0v) is 67.8. The number of hydrogen-bond donors (Lipinski definition) is 0. The molecule has 120 heavy (non-hydrogen) atoms. The summed E-state index contributed by atoms with van der Waals surface area (Å²) < 4.78 is 106. The molecule has 0 spiro atoms. The summed E-state index contributed by atoms with van der Waals surface area (Å²) in [5, 5.41) is 1.23. The molecule has 0 bridgehead atoms. The van der Waals surface area contributed by atoms with Crippen molar-refractivity contribution in [2.45, 2.75) is 80.1 Å². The van der Waals surface area contributed by atoms with Crippen LogP contribution in [0.4, 0.5) is 0 Å². The zero-order chi connectivity index (χ0) is 84.5. The predicted molar refractivity (Wildman–Crippen MR) is 454 cm³/mol. The van der Waals surface area contributed by atoms with Gasteiger partial charge in [-0.05, 0) is 289 Å². The van der Waals surface area contributed by atoms with Gasteiger partial charge in [0.25, 0.3) is 0 Å². The summed E-state index contributed by atoms with van der Waals surface area (Å²) in [6.45, 7) is 14.8. The van der Waals surface area contributed by atoms with E-state index in [1.807, 2.05) is 41.5 Å². The Morgan fingerprint density at radius 1 is 0.192 bits per heavy atom. The first-order valence-corrected chi connectivity index (χ1v) is 39.7. The highest BCUT2D eigenvalue weighted by atomic mass is 16.6. The maximum Gasteiger partial charge on any atom is 0.336 e. The topological polar surface area (TPSA) is 269 Å². The Morgan fingerprint density at radius 2 is 0.308 bits per heavy atom. The van der Waals surface area contributed by atoms with Crippen LogP contribution >= 0.6 is 0 Å². The molecule has 0 atom stereocenters. The molecule has 0 N–H and O–H groups in total. The first kappa shape index (κ1) is 88.2. The smallest absolute Gasteiger partial charge is 0.336 e. The van der Waals surface area contributed by atoms with E-state index in [4.69, 9.17) is 85.3 Å². The van der Waals surface area contributed by atoms with Gasteiger partial charge in [-0.15, -0.1) is 0 Å². The van der Waals surface area contributed by atoms with Crippen LogP contribution in [0.3, 0.4) is 0 Å². The molecule has 10 aromatic carbocycles. The minimum absolute atomic E-state index is 0.0794. The highest BCUT2D eigenvalue weighted by Crippen LogP contribution is 2.48. The molecule has 0 amide bonds. The van der Waals surface area contributed by atoms with E-state index in [0.717, 1.165) is 75.0 Å². The molecule has 0 radical (unpaired) electrons. The molecule has 24 nitrogen and oxygen atoms in total. The second-order valence-electron chi connectivity index (χ2n) is 26.3. The maximum absolute atomic E-state index is 14.3. The SMILES string of the molecule is CCCOc1ccc(OC/C=C/C(=O)Oc2cc3c4cc(OC(=O)/C=C/COc5ccc(OCCC)cc5)c(OC(=O)/C=C/COc5ccc(OCCC)cc5)cc4c4cc(OC(=O)/C=C/COc5ccc(OCCC)cc5)c(OC(=O)/C=C/COc5ccc(OCCC)cc5)cc4c3cc2OC(=O)/C=C/COc2ccc(OCCC)cc2)cc1. The molecule has 24 heteroatoms. The molecule has 0 unspecified atom stereocenters. The van der Waals surface area contributed by atoms with Crippen molar-refractivity contribution in [3.05, 3.63) is 255 Å². The first-order chi connectivity index (χ1) is 58.7. The molecule has 0 fully saturated rings. The molecule has 10 rings (SSSR count). The third-order valence-electron chi connectivity index (χ3n) is 16.8. The standard InChI is InChI=1S/C96H96O24/c1-7-49-103-67-25-37-73(38-26-67)109-55-13-19-91(97)115-85-61-79-80(62-86(85)116-92(98)20-14-56-110-74-39-27-68(28-40-74)104-50-8-2)82-64-88(118-94(100)22-16-58-112-76-43-31-70(32-44-76)106-52-10-4)90(120-96(102)24-18-60-114-78-47-35-72(36-48-78)108-54-12-6)66-84(82)83-65-89(119-95(101)23-17-59-113-77-45-33-71(34-46-77)107-53-11-5)87(63-81(79)83)117-93(99)21-15-57-111-75-41-29-69(30-42-75)105-51-9-3/h13-48,61-66H,7-12,49-60H2,1-6H3/b19-13+,20-14+,21-15+,22-16+,23-17+,24-18+. The average molecular weight is 1630 g/mol. The van der Waals surface area contributed by atoms with E-state index in [-0.39, 0.29) is 106 Å². The fourth-order valence-electron chi connectivity index (χ4n) is 11.2. The summed E-state index contributed by atoms with van der Waals surface area (Å²) in [4.78, 5) is 85.5. The van der Waals surface area contributed by atoms with Crippen molar-refractivity contribution >= 4 is 68.1 Å². The van der Waals surface area contributed by atoms with Crippen LogP contribution in [0.15, 0.2) is 255 Å². The molecule has 0 saturated carbocycles. The second kappa shape index (κ2) is 47.8. The van der Waals surface area contributed by atoms with Crippen LogP contribution in [0.1, 0.15) is 80.1 Å². The van der Waals surface area contributed by atoms with Crippen LogP contribution in [0.25, 0.3) is 32.3 Å². The maximum atomic E-state index is 14.3. The number of benzene rings is 10. The lowest BCUT2D eigenvalue weighted by atomic mass is 9.93. The second-order valence-corrected chi connectivity index (χ2v) is 26.3. The molecule has 10 aromatic rings. The van der Waals surface area contributed by atoms with Crippen molar-refractivity contribution in [1.82, 2.24) is 0 Å². The summed E-state index contributed by atoms with van der Waals surface area (Å²) >= 11 is 0. The van der Waals surface area contributed by atoms with Crippen LogP contribution < -0.4 is 85.3 Å².